The predicted molar refractivity (Wildman–Crippen MR) is 83.7 cm³/mol. The molecule has 0 spiro atoms. The molecule has 0 unspecified atom stereocenters. The van der Waals surface area contributed by atoms with E-state index in [2.05, 4.69) is 9.97 Å². The molecule has 1 amide bonds. The van der Waals surface area contributed by atoms with Gasteiger partial charge in [0.25, 0.3) is 0 Å². The summed E-state index contributed by atoms with van der Waals surface area (Å²) in [4.78, 5) is 31.7. The zero-order valence-electron chi connectivity index (χ0n) is 13.3. The molecule has 1 fully saturated rings. The van der Waals surface area contributed by atoms with Gasteiger partial charge in [0.2, 0.25) is 0 Å². The topological polar surface area (TPSA) is 98.5 Å². The summed E-state index contributed by atoms with van der Waals surface area (Å²) >= 11 is 0. The number of likely N-dealkylation sites (tertiary alicyclic amines) is 1. The Kier molecular flexibility index (Phi) is 5.61. The molecule has 8 heteroatoms. The van der Waals surface area contributed by atoms with E-state index in [1.165, 1.54) is 12.5 Å². The minimum atomic E-state index is -0.495. The third kappa shape index (κ3) is 4.73. The Labute approximate surface area is 134 Å². The molecule has 1 aromatic heterocycles. The van der Waals surface area contributed by atoms with Gasteiger partial charge in [-0.25, -0.2) is 14.8 Å². The Balaban J connectivity index is 1.97. The summed E-state index contributed by atoms with van der Waals surface area (Å²) in [6.45, 7) is 5.46. The lowest BCUT2D eigenvalue weighted by atomic mass is 10.0. The van der Waals surface area contributed by atoms with Crippen LogP contribution in [0.2, 0.25) is 0 Å². The number of carbonyl (C=O) groups is 1. The average Bonchev–Trinajstić information content (AvgIpc) is 2.53. The fourth-order valence-electron chi connectivity index (χ4n) is 2.23. The second-order valence-electron chi connectivity index (χ2n) is 5.81. The van der Waals surface area contributed by atoms with Crippen molar-refractivity contribution < 1.29 is 14.5 Å². The summed E-state index contributed by atoms with van der Waals surface area (Å²) in [5.41, 5.74) is 1.22. The standard InChI is InChI=1S/C15H20N4O4/c1-11(2)9-23-15(20)18-5-3-12(4-6-18)7-13-14(19(21)22)8-16-10-17-13/h7-8,10-11H,3-6,9H2,1-2H3. The molecule has 124 valence electrons. The minimum absolute atomic E-state index is 0.112. The first kappa shape index (κ1) is 16.9. The second-order valence-corrected chi connectivity index (χ2v) is 5.81. The zero-order chi connectivity index (χ0) is 16.8. The maximum absolute atomic E-state index is 11.9. The minimum Gasteiger partial charge on any atom is -0.449 e. The molecule has 8 nitrogen and oxygen atoms in total. The van der Waals surface area contributed by atoms with Gasteiger partial charge in [0.05, 0.1) is 11.5 Å². The third-order valence-corrected chi connectivity index (χ3v) is 3.46. The predicted octanol–water partition coefficient (Wildman–Crippen LogP) is 2.66. The van der Waals surface area contributed by atoms with E-state index in [-0.39, 0.29) is 11.8 Å². The Hall–Kier alpha value is -2.51. The Bertz CT molecular complexity index is 605. The number of carbonyl (C=O) groups excluding carboxylic acids is 1. The van der Waals surface area contributed by atoms with Gasteiger partial charge < -0.3 is 9.64 Å². The van der Waals surface area contributed by atoms with Crippen LogP contribution in [-0.4, -0.2) is 45.6 Å². The van der Waals surface area contributed by atoms with Gasteiger partial charge in [-0.1, -0.05) is 19.4 Å². The molecule has 2 heterocycles. The molecule has 0 atom stereocenters. The lowest BCUT2D eigenvalue weighted by Crippen LogP contribution is -2.37. The van der Waals surface area contributed by atoms with Gasteiger partial charge in [0, 0.05) is 13.1 Å². The van der Waals surface area contributed by atoms with Crippen LogP contribution >= 0.6 is 0 Å². The number of aromatic nitrogens is 2. The van der Waals surface area contributed by atoms with Crippen molar-refractivity contribution >= 4 is 17.9 Å². The van der Waals surface area contributed by atoms with Crippen molar-refractivity contribution in [3.63, 3.8) is 0 Å². The van der Waals surface area contributed by atoms with E-state index in [1.807, 2.05) is 13.8 Å². The van der Waals surface area contributed by atoms with Crippen LogP contribution in [0.15, 0.2) is 18.1 Å². The van der Waals surface area contributed by atoms with Gasteiger partial charge in [-0.05, 0) is 24.8 Å². The second kappa shape index (κ2) is 7.66. The van der Waals surface area contributed by atoms with E-state index < -0.39 is 4.92 Å². The summed E-state index contributed by atoms with van der Waals surface area (Å²) < 4.78 is 5.20. The molecule has 2 rings (SSSR count). The number of piperidine rings is 1. The Morgan fingerprint density at radius 3 is 2.78 bits per heavy atom. The first-order valence-corrected chi connectivity index (χ1v) is 7.53. The maximum Gasteiger partial charge on any atom is 0.409 e. The van der Waals surface area contributed by atoms with E-state index in [4.69, 9.17) is 4.74 Å². The number of rotatable bonds is 4. The van der Waals surface area contributed by atoms with Crippen LogP contribution in [-0.2, 0) is 4.74 Å². The maximum atomic E-state index is 11.9. The van der Waals surface area contributed by atoms with Crippen molar-refractivity contribution in [2.75, 3.05) is 19.7 Å². The van der Waals surface area contributed by atoms with Crippen LogP contribution < -0.4 is 0 Å². The molecule has 0 radical (unpaired) electrons. The van der Waals surface area contributed by atoms with Crippen LogP contribution in [0.4, 0.5) is 10.5 Å². The summed E-state index contributed by atoms with van der Waals surface area (Å²) in [7, 11) is 0. The summed E-state index contributed by atoms with van der Waals surface area (Å²) in [5.74, 6) is 0.303. The summed E-state index contributed by atoms with van der Waals surface area (Å²) in [6, 6.07) is 0. The number of nitrogens with zero attached hydrogens (tertiary/aromatic N) is 4. The molecular weight excluding hydrogens is 300 g/mol. The molecule has 1 aromatic rings. The molecule has 0 aromatic carbocycles. The number of amides is 1. The third-order valence-electron chi connectivity index (χ3n) is 3.46. The molecule has 0 bridgehead atoms. The molecule has 0 saturated carbocycles. The van der Waals surface area contributed by atoms with Crippen LogP contribution in [0.25, 0.3) is 6.08 Å². The molecule has 1 saturated heterocycles. The quantitative estimate of drug-likeness (QED) is 0.624. The smallest absolute Gasteiger partial charge is 0.409 e. The highest BCUT2D eigenvalue weighted by Gasteiger charge is 2.21. The van der Waals surface area contributed by atoms with E-state index in [1.54, 1.807) is 11.0 Å². The van der Waals surface area contributed by atoms with Gasteiger partial charge in [-0.2, -0.15) is 0 Å². The largest absolute Gasteiger partial charge is 0.449 e. The summed E-state index contributed by atoms with van der Waals surface area (Å²) in [6.07, 6.45) is 5.20. The van der Waals surface area contributed by atoms with Gasteiger partial charge in [-0.3, -0.25) is 10.1 Å². The fourth-order valence-corrected chi connectivity index (χ4v) is 2.23. The van der Waals surface area contributed by atoms with Crippen molar-refractivity contribution in [3.05, 3.63) is 33.9 Å². The first-order chi connectivity index (χ1) is 11.0. The van der Waals surface area contributed by atoms with E-state index in [0.29, 0.717) is 44.1 Å². The van der Waals surface area contributed by atoms with Gasteiger partial charge in [-0.15, -0.1) is 0 Å². The van der Waals surface area contributed by atoms with Crippen molar-refractivity contribution in [2.24, 2.45) is 5.92 Å². The Morgan fingerprint density at radius 1 is 1.48 bits per heavy atom. The van der Waals surface area contributed by atoms with E-state index in [9.17, 15) is 14.9 Å². The number of hydrogen-bond donors (Lipinski definition) is 0. The molecule has 1 aliphatic rings. The van der Waals surface area contributed by atoms with Crippen LogP contribution in [0.1, 0.15) is 32.4 Å². The van der Waals surface area contributed by atoms with Gasteiger partial charge in [0.15, 0.2) is 0 Å². The zero-order valence-corrected chi connectivity index (χ0v) is 13.3. The normalized spacial score (nSPS) is 14.7. The highest BCUT2D eigenvalue weighted by molar-refractivity contribution is 5.68. The van der Waals surface area contributed by atoms with Crippen LogP contribution in [0.3, 0.4) is 0 Å². The van der Waals surface area contributed by atoms with Gasteiger partial charge >= 0.3 is 11.8 Å². The molecule has 0 N–H and O–H groups in total. The van der Waals surface area contributed by atoms with Crippen molar-refractivity contribution in [1.82, 2.24) is 14.9 Å². The first-order valence-electron chi connectivity index (χ1n) is 7.53. The van der Waals surface area contributed by atoms with Crippen LogP contribution in [0.5, 0.6) is 0 Å². The summed E-state index contributed by atoms with van der Waals surface area (Å²) in [5, 5.41) is 11.0. The van der Waals surface area contributed by atoms with Gasteiger partial charge in [0.1, 0.15) is 18.2 Å². The monoisotopic (exact) mass is 320 g/mol. The Morgan fingerprint density at radius 2 is 2.17 bits per heavy atom. The number of nitro groups is 1. The van der Waals surface area contributed by atoms with E-state index in [0.717, 1.165) is 5.57 Å². The molecule has 1 aliphatic heterocycles. The van der Waals surface area contributed by atoms with Crippen molar-refractivity contribution in [2.45, 2.75) is 26.7 Å². The number of hydrogen-bond acceptors (Lipinski definition) is 6. The number of ether oxygens (including phenoxy) is 1. The van der Waals surface area contributed by atoms with Crippen molar-refractivity contribution in [3.8, 4) is 0 Å². The molecular formula is C15H20N4O4. The average molecular weight is 320 g/mol. The van der Waals surface area contributed by atoms with Crippen LogP contribution in [0, 0.1) is 16.0 Å². The molecule has 23 heavy (non-hydrogen) atoms. The van der Waals surface area contributed by atoms with Crippen molar-refractivity contribution in [1.29, 1.82) is 0 Å². The SMILES string of the molecule is CC(C)COC(=O)N1CCC(=Cc2ncncc2[N+](=O)[O-])CC1. The highest BCUT2D eigenvalue weighted by atomic mass is 16.6. The lowest BCUT2D eigenvalue weighted by molar-refractivity contribution is -0.385. The van der Waals surface area contributed by atoms with E-state index >= 15 is 0 Å². The fraction of sp³-hybridized carbons (Fsp3) is 0.533. The molecule has 0 aliphatic carbocycles. The lowest BCUT2D eigenvalue weighted by Gasteiger charge is -2.28. The highest BCUT2D eigenvalue weighted by Crippen LogP contribution is 2.23.